The Balaban J connectivity index is 2.21. The number of nitro groups is 1. The fourth-order valence-electron chi connectivity index (χ4n) is 3.14. The first-order valence-corrected chi connectivity index (χ1v) is 9.93. The van der Waals surface area contributed by atoms with Gasteiger partial charge in [0.1, 0.15) is 17.5 Å². The van der Waals surface area contributed by atoms with Crippen LogP contribution in [0.2, 0.25) is 0 Å². The van der Waals surface area contributed by atoms with Crippen molar-refractivity contribution in [2.45, 2.75) is 25.9 Å². The lowest BCUT2D eigenvalue weighted by Gasteiger charge is -2.30. The Labute approximate surface area is 186 Å². The van der Waals surface area contributed by atoms with Crippen LogP contribution >= 0.6 is 0 Å². The number of nitro benzene ring substituents is 1. The zero-order chi connectivity index (χ0) is 23.7. The van der Waals surface area contributed by atoms with E-state index in [9.17, 15) is 19.7 Å². The van der Waals surface area contributed by atoms with E-state index in [4.69, 9.17) is 14.2 Å². The van der Waals surface area contributed by atoms with Crippen LogP contribution in [0.5, 0.6) is 17.2 Å². The highest BCUT2D eigenvalue weighted by Crippen LogP contribution is 2.30. The zero-order valence-corrected chi connectivity index (χ0v) is 18.5. The molecule has 0 radical (unpaired) electrons. The van der Waals surface area contributed by atoms with Crippen molar-refractivity contribution >= 4 is 17.5 Å². The normalized spacial score (nSPS) is 11.2. The maximum Gasteiger partial charge on any atom is 0.311 e. The first-order chi connectivity index (χ1) is 15.3. The lowest BCUT2D eigenvalue weighted by Crippen LogP contribution is -2.49. The van der Waals surface area contributed by atoms with Gasteiger partial charge in [-0.2, -0.15) is 0 Å². The van der Waals surface area contributed by atoms with Crippen LogP contribution in [0, 0.1) is 10.1 Å². The molecule has 2 aromatic rings. The maximum absolute atomic E-state index is 13.1. The Kier molecular flexibility index (Phi) is 8.82. The van der Waals surface area contributed by atoms with Crippen LogP contribution in [0.3, 0.4) is 0 Å². The molecule has 0 spiro atoms. The van der Waals surface area contributed by atoms with Crippen molar-refractivity contribution in [3.63, 3.8) is 0 Å². The number of rotatable bonds is 11. The summed E-state index contributed by atoms with van der Waals surface area (Å²) in [6.07, 6.45) is 0.410. The van der Waals surface area contributed by atoms with Crippen LogP contribution in [-0.4, -0.2) is 55.6 Å². The van der Waals surface area contributed by atoms with Gasteiger partial charge in [0.05, 0.1) is 19.1 Å². The summed E-state index contributed by atoms with van der Waals surface area (Å²) in [5.74, 6) is 0.241. The largest absolute Gasteiger partial charge is 0.497 e. The highest BCUT2D eigenvalue weighted by Gasteiger charge is 2.28. The smallest absolute Gasteiger partial charge is 0.311 e. The lowest BCUT2D eigenvalue weighted by atomic mass is 10.1. The summed E-state index contributed by atoms with van der Waals surface area (Å²) in [5, 5.41) is 13.6. The highest BCUT2D eigenvalue weighted by molar-refractivity contribution is 5.88. The Hall–Kier alpha value is -3.82. The van der Waals surface area contributed by atoms with E-state index in [2.05, 4.69) is 5.32 Å². The van der Waals surface area contributed by atoms with E-state index in [0.717, 1.165) is 5.56 Å². The molecule has 1 N–H and O–H groups in total. The van der Waals surface area contributed by atoms with Crippen LogP contribution in [0.15, 0.2) is 42.5 Å². The number of hydrogen-bond acceptors (Lipinski definition) is 7. The third-order valence-corrected chi connectivity index (χ3v) is 4.85. The highest BCUT2D eigenvalue weighted by atomic mass is 16.6. The molecule has 0 aliphatic heterocycles. The molecule has 172 valence electrons. The lowest BCUT2D eigenvalue weighted by molar-refractivity contribution is -0.385. The Morgan fingerprint density at radius 3 is 2.28 bits per heavy atom. The number of carbonyl (C=O) groups excluding carboxylic acids is 2. The van der Waals surface area contributed by atoms with Crippen LogP contribution in [-0.2, 0) is 16.1 Å². The van der Waals surface area contributed by atoms with Gasteiger partial charge < -0.3 is 24.4 Å². The number of carbonyl (C=O) groups is 2. The van der Waals surface area contributed by atoms with Crippen molar-refractivity contribution in [1.29, 1.82) is 0 Å². The van der Waals surface area contributed by atoms with Crippen molar-refractivity contribution in [2.75, 3.05) is 27.9 Å². The Bertz CT molecular complexity index is 947. The molecule has 0 heterocycles. The summed E-state index contributed by atoms with van der Waals surface area (Å²) >= 11 is 0. The first kappa shape index (κ1) is 24.4. The van der Waals surface area contributed by atoms with Gasteiger partial charge in [-0.15, -0.1) is 0 Å². The summed E-state index contributed by atoms with van der Waals surface area (Å²) in [6, 6.07) is 10.5. The molecule has 0 unspecified atom stereocenters. The van der Waals surface area contributed by atoms with Gasteiger partial charge in [-0.25, -0.2) is 0 Å². The van der Waals surface area contributed by atoms with Gasteiger partial charge in [-0.05, 0) is 30.2 Å². The second-order valence-corrected chi connectivity index (χ2v) is 6.79. The number of likely N-dealkylation sites (N-methyl/N-ethyl adjacent to an activating group) is 1. The fraction of sp³-hybridized carbons (Fsp3) is 0.364. The molecule has 10 heteroatoms. The molecule has 2 amide bonds. The predicted octanol–water partition coefficient (Wildman–Crippen LogP) is 2.54. The van der Waals surface area contributed by atoms with Crippen molar-refractivity contribution in [3.8, 4) is 17.2 Å². The monoisotopic (exact) mass is 445 g/mol. The standard InChI is InChI=1S/C22H27N3O7/c1-5-18(22(27)23-2)24(13-15-6-8-16(30-3)9-7-15)21(26)14-32-17-10-11-19(25(28)29)20(12-17)31-4/h6-12,18H,5,13-14H2,1-4H3,(H,23,27)/t18-/m0/s1. The Morgan fingerprint density at radius 2 is 1.75 bits per heavy atom. The first-order valence-electron chi connectivity index (χ1n) is 9.93. The van der Waals surface area contributed by atoms with Crippen molar-refractivity contribution < 1.29 is 28.7 Å². The van der Waals surface area contributed by atoms with Crippen LogP contribution in [0.25, 0.3) is 0 Å². The van der Waals surface area contributed by atoms with Crippen LogP contribution in [0.4, 0.5) is 5.69 Å². The van der Waals surface area contributed by atoms with Gasteiger partial charge in [-0.3, -0.25) is 19.7 Å². The summed E-state index contributed by atoms with van der Waals surface area (Å²) in [5.41, 5.74) is 0.608. The van der Waals surface area contributed by atoms with E-state index in [1.807, 2.05) is 19.1 Å². The summed E-state index contributed by atoms with van der Waals surface area (Å²) in [4.78, 5) is 37.4. The van der Waals surface area contributed by atoms with Crippen LogP contribution in [0.1, 0.15) is 18.9 Å². The van der Waals surface area contributed by atoms with E-state index >= 15 is 0 Å². The molecule has 0 aliphatic carbocycles. The molecule has 32 heavy (non-hydrogen) atoms. The van der Waals surface area contributed by atoms with Gasteiger partial charge in [0, 0.05) is 25.7 Å². The van der Waals surface area contributed by atoms with E-state index in [1.165, 1.54) is 37.3 Å². The average Bonchev–Trinajstić information content (AvgIpc) is 2.82. The quantitative estimate of drug-likeness (QED) is 0.417. The number of methoxy groups -OCH3 is 2. The second-order valence-electron chi connectivity index (χ2n) is 6.79. The molecule has 0 saturated carbocycles. The van der Waals surface area contributed by atoms with Crippen molar-refractivity contribution in [3.05, 3.63) is 58.1 Å². The molecule has 2 rings (SSSR count). The summed E-state index contributed by atoms with van der Waals surface area (Å²) < 4.78 is 15.7. The second kappa shape index (κ2) is 11.5. The third kappa shape index (κ3) is 6.10. The Morgan fingerprint density at radius 1 is 1.09 bits per heavy atom. The SMILES string of the molecule is CC[C@@H](C(=O)NC)N(Cc1ccc(OC)cc1)C(=O)COc1ccc([N+](=O)[O-])c(OC)c1. The number of ether oxygens (including phenoxy) is 3. The molecule has 0 saturated heterocycles. The molecular weight excluding hydrogens is 418 g/mol. The van der Waals surface area contributed by atoms with Gasteiger partial charge in [-0.1, -0.05) is 19.1 Å². The fourth-order valence-corrected chi connectivity index (χ4v) is 3.14. The van der Waals surface area contributed by atoms with Gasteiger partial charge in [0.25, 0.3) is 5.91 Å². The predicted molar refractivity (Wildman–Crippen MR) is 117 cm³/mol. The number of amides is 2. The molecule has 1 atom stereocenters. The molecule has 10 nitrogen and oxygen atoms in total. The van der Waals surface area contributed by atoms with Gasteiger partial charge in [0.2, 0.25) is 11.7 Å². The number of nitrogens with one attached hydrogen (secondary N) is 1. The van der Waals surface area contributed by atoms with E-state index in [-0.39, 0.29) is 36.2 Å². The maximum atomic E-state index is 13.1. The zero-order valence-electron chi connectivity index (χ0n) is 18.5. The minimum atomic E-state index is -0.690. The average molecular weight is 445 g/mol. The minimum Gasteiger partial charge on any atom is -0.497 e. The van der Waals surface area contributed by atoms with Gasteiger partial charge >= 0.3 is 5.69 Å². The van der Waals surface area contributed by atoms with E-state index in [1.54, 1.807) is 19.2 Å². The van der Waals surface area contributed by atoms with Crippen LogP contribution < -0.4 is 19.5 Å². The number of benzene rings is 2. The molecule has 0 aromatic heterocycles. The summed E-state index contributed by atoms with van der Waals surface area (Å²) in [6.45, 7) is 1.66. The van der Waals surface area contributed by atoms with Crippen molar-refractivity contribution in [1.82, 2.24) is 10.2 Å². The summed E-state index contributed by atoms with van der Waals surface area (Å²) in [7, 11) is 4.39. The van der Waals surface area contributed by atoms with E-state index in [0.29, 0.717) is 12.2 Å². The molecule has 0 aliphatic rings. The van der Waals surface area contributed by atoms with Crippen molar-refractivity contribution in [2.24, 2.45) is 0 Å². The molecular formula is C22H27N3O7. The minimum absolute atomic E-state index is 0.0202. The molecule has 0 fully saturated rings. The molecule has 0 bridgehead atoms. The van der Waals surface area contributed by atoms with E-state index < -0.39 is 16.9 Å². The number of nitrogens with zero attached hydrogens (tertiary/aromatic N) is 2. The number of hydrogen-bond donors (Lipinski definition) is 1. The third-order valence-electron chi connectivity index (χ3n) is 4.85. The van der Waals surface area contributed by atoms with Gasteiger partial charge in [0.15, 0.2) is 6.61 Å². The topological polar surface area (TPSA) is 120 Å². The molecule has 2 aromatic carbocycles.